The van der Waals surface area contributed by atoms with Gasteiger partial charge in [0.05, 0.1) is 0 Å². The number of anilines is 1. The summed E-state index contributed by atoms with van der Waals surface area (Å²) >= 11 is 1.44. The van der Waals surface area contributed by atoms with Crippen LogP contribution in [0.15, 0.2) is 33.0 Å². The minimum Gasteiger partial charge on any atom is -0.398 e. The third-order valence-electron chi connectivity index (χ3n) is 3.07. The lowest BCUT2D eigenvalue weighted by molar-refractivity contribution is 0.642. The quantitative estimate of drug-likeness (QED) is 0.829. The number of para-hydroxylation sites is 1. The van der Waals surface area contributed by atoms with E-state index in [1.165, 1.54) is 11.8 Å². The first kappa shape index (κ1) is 11.4. The minimum absolute atomic E-state index is 0.133. The summed E-state index contributed by atoms with van der Waals surface area (Å²) in [6.07, 6.45) is 2.10. The van der Waals surface area contributed by atoms with Crippen molar-refractivity contribution in [3.63, 3.8) is 0 Å². The molecule has 0 aliphatic heterocycles. The Balaban J connectivity index is 1.97. The molecular formula is C12H14N4OS. The maximum absolute atomic E-state index is 11.7. The van der Waals surface area contributed by atoms with Crippen molar-refractivity contribution in [2.24, 2.45) is 0 Å². The van der Waals surface area contributed by atoms with E-state index in [2.05, 4.69) is 10.2 Å². The second-order valence-electron chi connectivity index (χ2n) is 4.50. The standard InChI is InChI=1S/C12H14N4OS/c1-7-3-2-4-9(10(7)13)18-12-15-14-11(17)16(12)8-5-6-8/h2-4,8H,5-6,13H2,1H3,(H,14,17). The zero-order valence-corrected chi connectivity index (χ0v) is 10.8. The van der Waals surface area contributed by atoms with Crippen LogP contribution < -0.4 is 11.4 Å². The van der Waals surface area contributed by atoms with Gasteiger partial charge in [0.15, 0.2) is 5.16 Å². The van der Waals surface area contributed by atoms with Gasteiger partial charge in [0, 0.05) is 16.6 Å². The van der Waals surface area contributed by atoms with Crippen LogP contribution in [0.5, 0.6) is 0 Å². The summed E-state index contributed by atoms with van der Waals surface area (Å²) in [6, 6.07) is 6.19. The summed E-state index contributed by atoms with van der Waals surface area (Å²) in [5.74, 6) is 0. The number of H-pyrrole nitrogens is 1. The molecule has 3 N–H and O–H groups in total. The fourth-order valence-corrected chi connectivity index (χ4v) is 2.89. The Bertz CT molecular complexity index is 642. The van der Waals surface area contributed by atoms with E-state index in [0.29, 0.717) is 11.2 Å². The fourth-order valence-electron chi connectivity index (χ4n) is 1.86. The number of aryl methyl sites for hydroxylation is 1. The summed E-state index contributed by atoms with van der Waals surface area (Å²) in [4.78, 5) is 12.6. The van der Waals surface area contributed by atoms with Crippen LogP contribution in [0.3, 0.4) is 0 Å². The average molecular weight is 262 g/mol. The van der Waals surface area contributed by atoms with Crippen LogP contribution in [-0.2, 0) is 0 Å². The van der Waals surface area contributed by atoms with Crippen LogP contribution in [0, 0.1) is 6.92 Å². The second kappa shape index (κ2) is 4.20. The highest BCUT2D eigenvalue weighted by Crippen LogP contribution is 2.39. The van der Waals surface area contributed by atoms with E-state index in [1.807, 2.05) is 25.1 Å². The van der Waals surface area contributed by atoms with Gasteiger partial charge in [-0.3, -0.25) is 4.57 Å². The van der Waals surface area contributed by atoms with E-state index in [9.17, 15) is 4.79 Å². The minimum atomic E-state index is -0.133. The topological polar surface area (TPSA) is 76.7 Å². The second-order valence-corrected chi connectivity index (χ2v) is 5.51. The fraction of sp³-hybridized carbons (Fsp3) is 0.333. The zero-order valence-electron chi connectivity index (χ0n) is 10.0. The molecule has 3 rings (SSSR count). The number of aromatic nitrogens is 3. The lowest BCUT2D eigenvalue weighted by atomic mass is 10.2. The van der Waals surface area contributed by atoms with Gasteiger partial charge in [-0.05, 0) is 43.2 Å². The Morgan fingerprint density at radius 2 is 2.28 bits per heavy atom. The van der Waals surface area contributed by atoms with Crippen LogP contribution in [0.1, 0.15) is 24.4 Å². The molecule has 94 valence electrons. The van der Waals surface area contributed by atoms with Crippen molar-refractivity contribution in [3.05, 3.63) is 34.2 Å². The monoisotopic (exact) mass is 262 g/mol. The molecule has 1 aromatic heterocycles. The smallest absolute Gasteiger partial charge is 0.344 e. The van der Waals surface area contributed by atoms with E-state index in [4.69, 9.17) is 5.73 Å². The van der Waals surface area contributed by atoms with Crippen molar-refractivity contribution in [2.75, 3.05) is 5.73 Å². The van der Waals surface area contributed by atoms with Crippen molar-refractivity contribution in [1.82, 2.24) is 14.8 Å². The van der Waals surface area contributed by atoms with Gasteiger partial charge in [0.25, 0.3) is 0 Å². The van der Waals surface area contributed by atoms with Gasteiger partial charge in [-0.1, -0.05) is 12.1 Å². The van der Waals surface area contributed by atoms with Crippen molar-refractivity contribution >= 4 is 17.4 Å². The lowest BCUT2D eigenvalue weighted by Gasteiger charge is -2.07. The molecule has 1 heterocycles. The van der Waals surface area contributed by atoms with E-state index >= 15 is 0 Å². The lowest BCUT2D eigenvalue weighted by Crippen LogP contribution is -2.16. The maximum Gasteiger partial charge on any atom is 0.344 e. The number of benzene rings is 1. The number of nitrogen functional groups attached to an aromatic ring is 1. The molecule has 0 saturated heterocycles. The molecule has 1 aliphatic rings. The number of nitrogens with two attached hydrogens (primary N) is 1. The molecule has 1 saturated carbocycles. The molecule has 0 spiro atoms. The average Bonchev–Trinajstić information content (AvgIpc) is 3.11. The van der Waals surface area contributed by atoms with Gasteiger partial charge in [0.2, 0.25) is 0 Å². The van der Waals surface area contributed by atoms with Crippen molar-refractivity contribution in [2.45, 2.75) is 35.9 Å². The first-order valence-electron chi connectivity index (χ1n) is 5.86. The molecule has 0 atom stereocenters. The Morgan fingerprint density at radius 3 is 3.00 bits per heavy atom. The Labute approximate surface area is 108 Å². The van der Waals surface area contributed by atoms with Gasteiger partial charge in [-0.15, -0.1) is 5.10 Å². The van der Waals surface area contributed by atoms with Gasteiger partial charge < -0.3 is 5.73 Å². The van der Waals surface area contributed by atoms with Crippen LogP contribution in [0.2, 0.25) is 0 Å². The summed E-state index contributed by atoms with van der Waals surface area (Å²) < 4.78 is 1.73. The number of nitrogens with one attached hydrogen (secondary N) is 1. The van der Waals surface area contributed by atoms with Gasteiger partial charge in [-0.25, -0.2) is 9.89 Å². The van der Waals surface area contributed by atoms with E-state index in [1.54, 1.807) is 4.57 Å². The van der Waals surface area contributed by atoms with Crippen LogP contribution in [-0.4, -0.2) is 14.8 Å². The highest BCUT2D eigenvalue weighted by atomic mass is 32.2. The zero-order chi connectivity index (χ0) is 12.7. The number of hydrogen-bond acceptors (Lipinski definition) is 4. The predicted molar refractivity (Wildman–Crippen MR) is 70.8 cm³/mol. The first-order valence-corrected chi connectivity index (χ1v) is 6.68. The molecule has 1 aromatic carbocycles. The van der Waals surface area contributed by atoms with Crippen molar-refractivity contribution in [1.29, 1.82) is 0 Å². The highest BCUT2D eigenvalue weighted by molar-refractivity contribution is 7.99. The summed E-state index contributed by atoms with van der Waals surface area (Å²) in [6.45, 7) is 1.97. The molecule has 6 heteroatoms. The van der Waals surface area contributed by atoms with Gasteiger partial charge in [0.1, 0.15) is 0 Å². The number of nitrogens with zero attached hydrogens (tertiary/aromatic N) is 2. The summed E-state index contributed by atoms with van der Waals surface area (Å²) in [5, 5.41) is 7.28. The SMILES string of the molecule is Cc1cccc(Sc2n[nH]c(=O)n2C2CC2)c1N. The van der Waals surface area contributed by atoms with Gasteiger partial charge >= 0.3 is 5.69 Å². The number of aromatic amines is 1. The molecule has 0 unspecified atom stereocenters. The third-order valence-corrected chi connectivity index (χ3v) is 4.12. The van der Waals surface area contributed by atoms with Crippen LogP contribution >= 0.6 is 11.8 Å². The number of hydrogen-bond donors (Lipinski definition) is 2. The normalized spacial score (nSPS) is 14.9. The molecule has 5 nitrogen and oxygen atoms in total. The van der Waals surface area contributed by atoms with Crippen molar-refractivity contribution in [3.8, 4) is 0 Å². The van der Waals surface area contributed by atoms with Crippen LogP contribution in [0.25, 0.3) is 0 Å². The van der Waals surface area contributed by atoms with Crippen LogP contribution in [0.4, 0.5) is 5.69 Å². The Hall–Kier alpha value is -1.69. The summed E-state index contributed by atoms with van der Waals surface area (Å²) in [7, 11) is 0. The van der Waals surface area contributed by atoms with E-state index in [0.717, 1.165) is 29.0 Å². The van der Waals surface area contributed by atoms with Gasteiger partial charge in [-0.2, -0.15) is 0 Å². The molecule has 1 fully saturated rings. The molecule has 0 radical (unpaired) electrons. The highest BCUT2D eigenvalue weighted by Gasteiger charge is 2.28. The molecule has 18 heavy (non-hydrogen) atoms. The Morgan fingerprint density at radius 1 is 1.50 bits per heavy atom. The summed E-state index contributed by atoms with van der Waals surface area (Å²) in [5.41, 5.74) is 7.69. The predicted octanol–water partition coefficient (Wildman–Crippen LogP) is 1.95. The maximum atomic E-state index is 11.7. The third kappa shape index (κ3) is 1.92. The Kier molecular flexibility index (Phi) is 2.66. The molecule has 1 aliphatic carbocycles. The largest absolute Gasteiger partial charge is 0.398 e. The molecule has 0 amide bonds. The van der Waals surface area contributed by atoms with E-state index < -0.39 is 0 Å². The number of rotatable bonds is 3. The molecule has 2 aromatic rings. The molecular weight excluding hydrogens is 248 g/mol. The van der Waals surface area contributed by atoms with Crippen molar-refractivity contribution < 1.29 is 0 Å². The van der Waals surface area contributed by atoms with E-state index in [-0.39, 0.29) is 5.69 Å². The molecule has 0 bridgehead atoms. The first-order chi connectivity index (χ1) is 8.66.